The molecule has 6 heteroatoms. The Morgan fingerprint density at radius 1 is 1.59 bits per heavy atom. The number of carbonyl (C=O) groups excluding carboxylic acids is 1. The zero-order chi connectivity index (χ0) is 12.7. The minimum absolute atomic E-state index is 0.0212. The fraction of sp³-hybridized carbons (Fsp3) is 0.545. The average Bonchev–Trinajstić information content (AvgIpc) is 2.27. The summed E-state index contributed by atoms with van der Waals surface area (Å²) in [4.78, 5) is 19.6. The number of methoxy groups -OCH3 is 1. The smallest absolute Gasteiger partial charge is 0.315 e. The summed E-state index contributed by atoms with van der Waals surface area (Å²) in [6.07, 6.45) is 1.67. The molecule has 0 aromatic carbocycles. The van der Waals surface area contributed by atoms with Crippen LogP contribution in [0.4, 0.5) is 4.79 Å². The molecule has 0 aliphatic rings. The summed E-state index contributed by atoms with van der Waals surface area (Å²) in [5.74, 6) is 0.692. The highest BCUT2D eigenvalue weighted by Crippen LogP contribution is 1.93. The van der Waals surface area contributed by atoms with Gasteiger partial charge in [-0.1, -0.05) is 0 Å². The Morgan fingerprint density at radius 2 is 2.35 bits per heavy atom. The van der Waals surface area contributed by atoms with E-state index in [0.29, 0.717) is 19.0 Å². The van der Waals surface area contributed by atoms with Gasteiger partial charge in [-0.3, -0.25) is 0 Å². The molecule has 17 heavy (non-hydrogen) atoms. The first-order valence-electron chi connectivity index (χ1n) is 5.43. The summed E-state index contributed by atoms with van der Waals surface area (Å²) < 4.78 is 4.92. The van der Waals surface area contributed by atoms with Gasteiger partial charge in [0.2, 0.25) is 0 Å². The second kappa shape index (κ2) is 6.80. The molecular weight excluding hydrogens is 220 g/mol. The van der Waals surface area contributed by atoms with Crippen LogP contribution in [0, 0.1) is 6.92 Å². The van der Waals surface area contributed by atoms with E-state index in [-0.39, 0.29) is 12.1 Å². The Labute approximate surface area is 101 Å². The molecule has 1 unspecified atom stereocenters. The number of aryl methyl sites for hydroxylation is 1. The monoisotopic (exact) mass is 238 g/mol. The summed E-state index contributed by atoms with van der Waals surface area (Å²) in [5, 5.41) is 5.47. The molecule has 0 fully saturated rings. The lowest BCUT2D eigenvalue weighted by Gasteiger charge is -2.13. The van der Waals surface area contributed by atoms with E-state index in [0.717, 1.165) is 5.69 Å². The van der Waals surface area contributed by atoms with Crippen molar-refractivity contribution < 1.29 is 9.53 Å². The molecule has 1 rings (SSSR count). The first-order chi connectivity index (χ1) is 8.11. The molecule has 0 saturated carbocycles. The lowest BCUT2D eigenvalue weighted by molar-refractivity contribution is 0.171. The quantitative estimate of drug-likeness (QED) is 0.788. The normalized spacial score (nSPS) is 11.9. The number of nitrogens with zero attached hydrogens (tertiary/aromatic N) is 2. The molecule has 0 bridgehead atoms. The first-order valence-corrected chi connectivity index (χ1v) is 5.43. The fourth-order valence-corrected chi connectivity index (χ4v) is 1.34. The van der Waals surface area contributed by atoms with Crippen LogP contribution in [0.1, 0.15) is 18.4 Å². The summed E-state index contributed by atoms with van der Waals surface area (Å²) in [5.41, 5.74) is 0.784. The molecule has 94 valence electrons. The lowest BCUT2D eigenvalue weighted by Crippen LogP contribution is -2.42. The zero-order valence-electron chi connectivity index (χ0n) is 10.4. The third kappa shape index (κ3) is 5.26. The lowest BCUT2D eigenvalue weighted by atomic mass is 10.3. The van der Waals surface area contributed by atoms with E-state index in [1.165, 1.54) is 0 Å². The Hall–Kier alpha value is -1.69. The Bertz CT molecular complexity index is 370. The van der Waals surface area contributed by atoms with Gasteiger partial charge in [-0.2, -0.15) is 0 Å². The fourth-order valence-electron chi connectivity index (χ4n) is 1.34. The van der Waals surface area contributed by atoms with Crippen molar-refractivity contribution in [3.8, 4) is 0 Å². The second-order valence-electron chi connectivity index (χ2n) is 3.78. The van der Waals surface area contributed by atoms with E-state index in [1.807, 2.05) is 13.8 Å². The predicted octanol–water partition coefficient (Wildman–Crippen LogP) is 0.619. The molecule has 0 radical (unpaired) electrons. The molecule has 1 heterocycles. The number of hydrogen-bond donors (Lipinski definition) is 2. The summed E-state index contributed by atoms with van der Waals surface area (Å²) in [6.45, 7) is 4.55. The van der Waals surface area contributed by atoms with Crippen LogP contribution in [0.5, 0.6) is 0 Å². The van der Waals surface area contributed by atoms with Gasteiger partial charge in [-0.05, 0) is 19.9 Å². The molecular formula is C11H18N4O2. The van der Waals surface area contributed by atoms with Gasteiger partial charge in [0.25, 0.3) is 0 Å². The summed E-state index contributed by atoms with van der Waals surface area (Å²) in [7, 11) is 1.60. The van der Waals surface area contributed by atoms with Crippen LogP contribution >= 0.6 is 0 Å². The largest absolute Gasteiger partial charge is 0.383 e. The molecule has 0 spiro atoms. The summed E-state index contributed by atoms with van der Waals surface area (Å²) in [6, 6.07) is 1.52. The van der Waals surface area contributed by atoms with Crippen molar-refractivity contribution in [1.82, 2.24) is 20.6 Å². The molecule has 1 atom stereocenters. The molecule has 0 aliphatic heterocycles. The number of amides is 2. The standard InChI is InChI=1S/C11H18N4O2/c1-8(7-17-3)14-11(16)13-6-10-4-5-12-9(2)15-10/h4-5,8H,6-7H2,1-3H3,(H2,13,14,16). The van der Waals surface area contributed by atoms with Crippen LogP contribution in [-0.4, -0.2) is 35.8 Å². The first kappa shape index (κ1) is 13.4. The van der Waals surface area contributed by atoms with E-state index in [4.69, 9.17) is 4.74 Å². The van der Waals surface area contributed by atoms with Crippen molar-refractivity contribution in [1.29, 1.82) is 0 Å². The van der Waals surface area contributed by atoms with Gasteiger partial charge in [0.15, 0.2) is 0 Å². The van der Waals surface area contributed by atoms with Crippen LogP contribution < -0.4 is 10.6 Å². The van der Waals surface area contributed by atoms with E-state index >= 15 is 0 Å². The van der Waals surface area contributed by atoms with Crippen molar-refractivity contribution in [2.75, 3.05) is 13.7 Å². The van der Waals surface area contributed by atoms with Gasteiger partial charge in [-0.15, -0.1) is 0 Å². The van der Waals surface area contributed by atoms with E-state index in [2.05, 4.69) is 20.6 Å². The molecule has 1 aromatic rings. The number of aromatic nitrogens is 2. The van der Waals surface area contributed by atoms with E-state index in [9.17, 15) is 4.79 Å². The Morgan fingerprint density at radius 3 is 3.00 bits per heavy atom. The van der Waals surface area contributed by atoms with E-state index < -0.39 is 0 Å². The molecule has 1 aromatic heterocycles. The Kier molecular flexibility index (Phi) is 5.35. The Balaban J connectivity index is 2.33. The van der Waals surface area contributed by atoms with Crippen molar-refractivity contribution in [2.45, 2.75) is 26.4 Å². The number of rotatable bonds is 5. The maximum atomic E-state index is 11.5. The van der Waals surface area contributed by atoms with Crippen LogP contribution in [0.3, 0.4) is 0 Å². The topological polar surface area (TPSA) is 76.1 Å². The number of urea groups is 1. The van der Waals surface area contributed by atoms with Gasteiger partial charge in [0, 0.05) is 13.3 Å². The third-order valence-corrected chi connectivity index (χ3v) is 2.06. The number of carbonyl (C=O) groups is 1. The van der Waals surface area contributed by atoms with Crippen molar-refractivity contribution in [3.63, 3.8) is 0 Å². The summed E-state index contributed by atoms with van der Waals surface area (Å²) >= 11 is 0. The minimum Gasteiger partial charge on any atom is -0.383 e. The highest BCUT2D eigenvalue weighted by molar-refractivity contribution is 5.74. The van der Waals surface area contributed by atoms with E-state index in [1.54, 1.807) is 19.4 Å². The van der Waals surface area contributed by atoms with Crippen LogP contribution in [-0.2, 0) is 11.3 Å². The minimum atomic E-state index is -0.231. The molecule has 0 aliphatic carbocycles. The van der Waals surface area contributed by atoms with Crippen LogP contribution in [0.15, 0.2) is 12.3 Å². The van der Waals surface area contributed by atoms with Crippen molar-refractivity contribution in [3.05, 3.63) is 23.8 Å². The van der Waals surface area contributed by atoms with Gasteiger partial charge in [0.05, 0.1) is 24.9 Å². The highest BCUT2D eigenvalue weighted by Gasteiger charge is 2.06. The maximum absolute atomic E-state index is 11.5. The molecule has 6 nitrogen and oxygen atoms in total. The zero-order valence-corrected chi connectivity index (χ0v) is 10.4. The number of ether oxygens (including phenoxy) is 1. The molecule has 2 N–H and O–H groups in total. The van der Waals surface area contributed by atoms with Crippen molar-refractivity contribution in [2.24, 2.45) is 0 Å². The SMILES string of the molecule is COCC(C)NC(=O)NCc1ccnc(C)n1. The predicted molar refractivity (Wildman–Crippen MR) is 63.5 cm³/mol. The van der Waals surface area contributed by atoms with Gasteiger partial charge in [-0.25, -0.2) is 14.8 Å². The third-order valence-electron chi connectivity index (χ3n) is 2.06. The van der Waals surface area contributed by atoms with Crippen LogP contribution in [0.25, 0.3) is 0 Å². The molecule has 0 saturated heterocycles. The average molecular weight is 238 g/mol. The number of nitrogens with one attached hydrogen (secondary N) is 2. The number of hydrogen-bond acceptors (Lipinski definition) is 4. The maximum Gasteiger partial charge on any atom is 0.315 e. The second-order valence-corrected chi connectivity index (χ2v) is 3.78. The molecule has 2 amide bonds. The van der Waals surface area contributed by atoms with Crippen LogP contribution in [0.2, 0.25) is 0 Å². The van der Waals surface area contributed by atoms with Gasteiger partial charge in [0.1, 0.15) is 5.82 Å². The highest BCUT2D eigenvalue weighted by atomic mass is 16.5. The van der Waals surface area contributed by atoms with Gasteiger partial charge >= 0.3 is 6.03 Å². The van der Waals surface area contributed by atoms with Crippen molar-refractivity contribution >= 4 is 6.03 Å². The van der Waals surface area contributed by atoms with Gasteiger partial charge < -0.3 is 15.4 Å².